The second kappa shape index (κ2) is 14.8. The second-order valence-corrected chi connectivity index (χ2v) is 10.9. The fraction of sp³-hybridized carbons (Fsp3) is 0.714. The molecule has 4 atom stereocenters. The number of likely N-dealkylation sites (tertiary alicyclic amines) is 1. The molecule has 1 aromatic carbocycles. The van der Waals surface area contributed by atoms with Gasteiger partial charge in [-0.15, -0.1) is 0 Å². The summed E-state index contributed by atoms with van der Waals surface area (Å²) in [6.45, 7) is 3.82. The van der Waals surface area contributed by atoms with E-state index in [1.807, 2.05) is 36.1 Å². The Morgan fingerprint density at radius 2 is 1.97 bits per heavy atom. The lowest BCUT2D eigenvalue weighted by molar-refractivity contribution is -0.136. The predicted molar refractivity (Wildman–Crippen MR) is 141 cm³/mol. The third kappa shape index (κ3) is 8.93. The molecule has 0 spiro atoms. The number of benzene rings is 1. The summed E-state index contributed by atoms with van der Waals surface area (Å²) in [7, 11) is 1.33. The first-order chi connectivity index (χ1) is 17.4. The third-order valence-electron chi connectivity index (χ3n) is 7.75. The van der Waals surface area contributed by atoms with Gasteiger partial charge in [-0.3, -0.25) is 4.79 Å². The van der Waals surface area contributed by atoms with Crippen molar-refractivity contribution in [1.82, 2.24) is 10.2 Å². The summed E-state index contributed by atoms with van der Waals surface area (Å²) in [5, 5.41) is 13.7. The average Bonchev–Trinajstić information content (AvgIpc) is 2.88. The van der Waals surface area contributed by atoms with Crippen molar-refractivity contribution in [3.63, 3.8) is 0 Å². The number of hydrogen-bond donors (Lipinski definition) is 2. The van der Waals surface area contributed by atoms with E-state index in [2.05, 4.69) is 10.1 Å². The van der Waals surface area contributed by atoms with Crippen molar-refractivity contribution in [3.8, 4) is 0 Å². The summed E-state index contributed by atoms with van der Waals surface area (Å²) in [6, 6.07) is 7.65. The van der Waals surface area contributed by atoms with Crippen LogP contribution < -0.4 is 5.32 Å². The zero-order chi connectivity index (χ0) is 25.9. The highest BCUT2D eigenvalue weighted by Gasteiger charge is 2.33. The van der Waals surface area contributed by atoms with Gasteiger partial charge in [0.2, 0.25) is 5.91 Å². The Labute approximate surface area is 220 Å². The molecule has 0 radical (unpaired) electrons. The molecule has 2 N–H and O–H groups in total. The predicted octanol–water partition coefficient (Wildman–Crippen LogP) is 5.35. The van der Waals surface area contributed by atoms with Gasteiger partial charge in [0.1, 0.15) is 0 Å². The molecule has 3 rings (SSSR count). The van der Waals surface area contributed by atoms with Gasteiger partial charge >= 0.3 is 6.09 Å². The number of piperidine rings is 1. The van der Waals surface area contributed by atoms with Crippen molar-refractivity contribution < 1.29 is 24.2 Å². The van der Waals surface area contributed by atoms with Crippen LogP contribution in [0.3, 0.4) is 0 Å². The summed E-state index contributed by atoms with van der Waals surface area (Å²) < 4.78 is 10.9. The number of hydrogen-bond acceptors (Lipinski definition) is 5. The number of nitrogens with one attached hydrogen (secondary N) is 1. The van der Waals surface area contributed by atoms with Gasteiger partial charge in [-0.1, -0.05) is 55.8 Å². The van der Waals surface area contributed by atoms with E-state index >= 15 is 0 Å². The molecule has 7 nitrogen and oxygen atoms in total. The minimum Gasteiger partial charge on any atom is -0.453 e. The molecule has 2 fully saturated rings. The number of carbonyl (C=O) groups excluding carboxylic acids is 2. The average molecular weight is 523 g/mol. The van der Waals surface area contributed by atoms with Crippen molar-refractivity contribution in [3.05, 3.63) is 34.9 Å². The van der Waals surface area contributed by atoms with Crippen molar-refractivity contribution in [2.75, 3.05) is 33.4 Å². The molecule has 36 heavy (non-hydrogen) atoms. The van der Waals surface area contributed by atoms with Crippen molar-refractivity contribution >= 4 is 23.6 Å². The van der Waals surface area contributed by atoms with Gasteiger partial charge in [0.05, 0.1) is 25.9 Å². The van der Waals surface area contributed by atoms with Crippen LogP contribution in [-0.4, -0.2) is 61.5 Å². The number of rotatable bonds is 11. The van der Waals surface area contributed by atoms with Gasteiger partial charge in [-0.2, -0.15) is 0 Å². The van der Waals surface area contributed by atoms with E-state index in [9.17, 15) is 14.7 Å². The van der Waals surface area contributed by atoms with Crippen molar-refractivity contribution in [2.24, 2.45) is 17.8 Å². The highest BCUT2D eigenvalue weighted by Crippen LogP contribution is 2.35. The molecule has 1 saturated carbocycles. The maximum absolute atomic E-state index is 13.4. The van der Waals surface area contributed by atoms with Crippen LogP contribution in [0.1, 0.15) is 76.4 Å². The van der Waals surface area contributed by atoms with Crippen molar-refractivity contribution in [2.45, 2.75) is 76.9 Å². The highest BCUT2D eigenvalue weighted by atomic mass is 35.5. The summed E-state index contributed by atoms with van der Waals surface area (Å²) in [5.74, 6) is 0.867. The van der Waals surface area contributed by atoms with Crippen LogP contribution in [0, 0.1) is 17.8 Å². The van der Waals surface area contributed by atoms with E-state index < -0.39 is 12.2 Å². The first-order valence-corrected chi connectivity index (χ1v) is 13.9. The summed E-state index contributed by atoms with van der Waals surface area (Å²) >= 11 is 6.28. The van der Waals surface area contributed by atoms with Gasteiger partial charge in [-0.25, -0.2) is 4.79 Å². The minimum absolute atomic E-state index is 0.00495. The fourth-order valence-corrected chi connectivity index (χ4v) is 5.94. The minimum atomic E-state index is -0.492. The molecule has 2 aliphatic rings. The smallest absolute Gasteiger partial charge is 0.406 e. The quantitative estimate of drug-likeness (QED) is 0.382. The maximum Gasteiger partial charge on any atom is 0.406 e. The lowest BCUT2D eigenvalue weighted by atomic mass is 9.80. The lowest BCUT2D eigenvalue weighted by Crippen LogP contribution is -2.43. The number of nitrogens with zero attached hydrogens (tertiary/aromatic N) is 1. The van der Waals surface area contributed by atoms with Crippen molar-refractivity contribution in [1.29, 1.82) is 0 Å². The molecule has 8 heteroatoms. The first-order valence-electron chi connectivity index (χ1n) is 13.5. The first kappa shape index (κ1) is 28.7. The number of amides is 2. The fourth-order valence-electron chi connectivity index (χ4n) is 5.74. The second-order valence-electron chi connectivity index (χ2n) is 10.5. The Bertz CT molecular complexity index is 830. The molecule has 1 aliphatic carbocycles. The lowest BCUT2D eigenvalue weighted by Gasteiger charge is -2.38. The molecule has 1 saturated heterocycles. The van der Waals surface area contributed by atoms with Gasteiger partial charge in [0.15, 0.2) is 0 Å². The number of carbonyl (C=O) groups is 2. The Morgan fingerprint density at radius 3 is 2.67 bits per heavy atom. The number of aliphatic hydroxyl groups excluding tert-OH is 1. The molecule has 0 unspecified atom stereocenters. The Balaban J connectivity index is 1.63. The van der Waals surface area contributed by atoms with Crippen LogP contribution in [0.2, 0.25) is 5.02 Å². The Kier molecular flexibility index (Phi) is 11.8. The molecule has 1 heterocycles. The van der Waals surface area contributed by atoms with Crippen LogP contribution in [0.5, 0.6) is 0 Å². The van der Waals surface area contributed by atoms with Crippen LogP contribution in [0.25, 0.3) is 0 Å². The zero-order valence-electron chi connectivity index (χ0n) is 21.8. The molecule has 1 aliphatic heterocycles. The molecule has 0 aromatic heterocycles. The van der Waals surface area contributed by atoms with Gasteiger partial charge < -0.3 is 24.8 Å². The molecule has 0 bridgehead atoms. The summed E-state index contributed by atoms with van der Waals surface area (Å²) in [5.41, 5.74) is 0.971. The van der Waals surface area contributed by atoms with Crippen LogP contribution in [0.15, 0.2) is 24.3 Å². The number of alkyl carbamates (subject to hydrolysis) is 1. The van der Waals surface area contributed by atoms with E-state index in [4.69, 9.17) is 16.3 Å². The van der Waals surface area contributed by atoms with E-state index in [0.717, 1.165) is 31.4 Å². The van der Waals surface area contributed by atoms with E-state index in [1.165, 1.54) is 39.2 Å². The summed E-state index contributed by atoms with van der Waals surface area (Å²) in [4.78, 5) is 26.7. The van der Waals surface area contributed by atoms with Crippen LogP contribution in [-0.2, 0) is 14.3 Å². The largest absolute Gasteiger partial charge is 0.453 e. The van der Waals surface area contributed by atoms with Gasteiger partial charge in [0, 0.05) is 37.0 Å². The highest BCUT2D eigenvalue weighted by molar-refractivity contribution is 6.30. The normalized spacial score (nSPS) is 21.4. The molecule has 202 valence electrons. The Morgan fingerprint density at radius 1 is 1.19 bits per heavy atom. The van der Waals surface area contributed by atoms with E-state index in [-0.39, 0.29) is 23.8 Å². The molecular weight excluding hydrogens is 480 g/mol. The SMILES string of the molecule is COC(=O)NCCO[C@@H](c1cccc(Cl)c1)[C@@H]1CCCN(C(=O)C[C@@H](CC2CCCCC2)[C@H](C)O)C1. The van der Waals surface area contributed by atoms with Gasteiger partial charge in [-0.05, 0) is 55.7 Å². The number of ether oxygens (including phenoxy) is 2. The number of halogens is 1. The van der Waals surface area contributed by atoms with Gasteiger partial charge in [0.25, 0.3) is 0 Å². The summed E-state index contributed by atoms with van der Waals surface area (Å²) in [6.07, 6.45) is 8.21. The molecular formula is C28H43ClN2O5. The number of aliphatic hydroxyl groups is 1. The standard InChI is InChI=1S/C28H43ClN2O5/c1-20(32)24(16-21-8-4-3-5-9-21)18-26(33)31-14-7-11-23(19-31)27(22-10-6-12-25(29)17-22)36-15-13-30-28(34)35-2/h6,10,12,17,20-21,23-24,27,32H,3-5,7-9,11,13-16,18-19H2,1-2H3,(H,30,34)/t20-,23+,24+,27-/m0/s1. The third-order valence-corrected chi connectivity index (χ3v) is 7.99. The van der Waals surface area contributed by atoms with E-state index in [1.54, 1.807) is 0 Å². The maximum atomic E-state index is 13.4. The molecule has 1 aromatic rings. The van der Waals surface area contributed by atoms with Crippen LogP contribution in [0.4, 0.5) is 4.79 Å². The monoisotopic (exact) mass is 522 g/mol. The zero-order valence-corrected chi connectivity index (χ0v) is 22.5. The van der Waals surface area contributed by atoms with Crippen LogP contribution >= 0.6 is 11.6 Å². The number of methoxy groups -OCH3 is 1. The topological polar surface area (TPSA) is 88.1 Å². The molecule has 2 amide bonds. The van der Waals surface area contributed by atoms with E-state index in [0.29, 0.717) is 37.1 Å². The Hall–Kier alpha value is -1.83.